The van der Waals surface area contributed by atoms with Crippen molar-refractivity contribution in [1.82, 2.24) is 14.8 Å². The third-order valence-electron chi connectivity index (χ3n) is 6.58. The van der Waals surface area contributed by atoms with E-state index in [1.807, 2.05) is 67.8 Å². The summed E-state index contributed by atoms with van der Waals surface area (Å²) in [4.78, 5) is 40.6. The Labute approximate surface area is 192 Å². The fourth-order valence-electron chi connectivity index (χ4n) is 4.88. The number of imide groups is 1. The van der Waals surface area contributed by atoms with Gasteiger partial charge in [0.05, 0.1) is 13.2 Å². The molecule has 168 valence electrons. The first-order valence-electron chi connectivity index (χ1n) is 11.0. The summed E-state index contributed by atoms with van der Waals surface area (Å²) in [6, 6.07) is 16.5. The molecular formula is C26H25N3O4. The van der Waals surface area contributed by atoms with E-state index in [1.54, 1.807) is 12.1 Å². The molecule has 0 bridgehead atoms. The molecule has 3 aromatic rings. The number of fused-ring (bicyclic) bond motifs is 2. The predicted octanol–water partition coefficient (Wildman–Crippen LogP) is 3.82. The number of ether oxygens (including phenoxy) is 1. The first-order chi connectivity index (χ1) is 15.8. The summed E-state index contributed by atoms with van der Waals surface area (Å²) in [7, 11) is 0. The summed E-state index contributed by atoms with van der Waals surface area (Å²) in [5.74, 6) is -0.112. The Morgan fingerprint density at radius 1 is 1.06 bits per heavy atom. The van der Waals surface area contributed by atoms with Gasteiger partial charge in [-0.2, -0.15) is 0 Å². The molecule has 1 spiro atoms. The standard InChI is InChI=1S/C26H25N3O4/c1-16-8-10-19(11-9-16)29-17(2)14-20(18(29)3)22(30)15-28-24(31)26(27-25(28)32)12-13-33-23-7-5-4-6-21(23)26/h4-11,14H,12-13,15H2,1-3H3,(H,27,32)/t26-/m1/s1. The molecule has 7 heteroatoms. The lowest BCUT2D eigenvalue weighted by atomic mass is 9.84. The zero-order valence-electron chi connectivity index (χ0n) is 18.8. The van der Waals surface area contributed by atoms with E-state index >= 15 is 0 Å². The SMILES string of the molecule is Cc1ccc(-n2c(C)cc(C(=O)CN3C(=O)N[C@@]4(CCOc5ccccc54)C3=O)c2C)cc1. The van der Waals surface area contributed by atoms with Crippen molar-refractivity contribution in [3.63, 3.8) is 0 Å². The topological polar surface area (TPSA) is 80.6 Å². The Morgan fingerprint density at radius 3 is 2.55 bits per heavy atom. The molecule has 1 aromatic heterocycles. The van der Waals surface area contributed by atoms with Crippen molar-refractivity contribution in [2.45, 2.75) is 32.7 Å². The molecule has 1 fully saturated rings. The quantitative estimate of drug-likeness (QED) is 0.491. The third kappa shape index (κ3) is 3.23. The van der Waals surface area contributed by atoms with Crippen LogP contribution in [-0.2, 0) is 10.3 Å². The summed E-state index contributed by atoms with van der Waals surface area (Å²) < 4.78 is 7.68. The van der Waals surface area contributed by atoms with Crippen molar-refractivity contribution >= 4 is 17.7 Å². The van der Waals surface area contributed by atoms with E-state index in [9.17, 15) is 14.4 Å². The molecule has 0 aliphatic carbocycles. The lowest BCUT2D eigenvalue weighted by Crippen LogP contribution is -2.47. The zero-order valence-corrected chi connectivity index (χ0v) is 18.8. The van der Waals surface area contributed by atoms with Gasteiger partial charge in [0.15, 0.2) is 11.3 Å². The highest BCUT2D eigenvalue weighted by Crippen LogP contribution is 2.41. The number of hydrogen-bond donors (Lipinski definition) is 1. The molecule has 1 atom stereocenters. The van der Waals surface area contributed by atoms with Gasteiger partial charge in [-0.3, -0.25) is 14.5 Å². The lowest BCUT2D eigenvalue weighted by molar-refractivity contribution is -0.132. The number of nitrogens with one attached hydrogen (secondary N) is 1. The van der Waals surface area contributed by atoms with Crippen molar-refractivity contribution in [3.8, 4) is 11.4 Å². The van der Waals surface area contributed by atoms with E-state index in [1.165, 1.54) is 0 Å². The number of carbonyl (C=O) groups is 3. The first kappa shape index (κ1) is 21.0. The van der Waals surface area contributed by atoms with E-state index < -0.39 is 17.5 Å². The normalized spacial score (nSPS) is 19.4. The number of ketones is 1. The Kier molecular flexibility index (Phi) is 4.85. The second-order valence-electron chi connectivity index (χ2n) is 8.70. The van der Waals surface area contributed by atoms with E-state index in [-0.39, 0.29) is 12.3 Å². The van der Waals surface area contributed by atoms with Gasteiger partial charge in [0, 0.05) is 34.6 Å². The first-order valence-corrected chi connectivity index (χ1v) is 11.0. The summed E-state index contributed by atoms with van der Waals surface area (Å²) in [6.45, 7) is 5.83. The predicted molar refractivity (Wildman–Crippen MR) is 123 cm³/mol. The molecule has 0 radical (unpaired) electrons. The second kappa shape index (κ2) is 7.62. The molecule has 2 aliphatic heterocycles. The van der Waals surface area contributed by atoms with Crippen molar-refractivity contribution in [1.29, 1.82) is 0 Å². The van der Waals surface area contributed by atoms with Gasteiger partial charge in [0.2, 0.25) is 0 Å². The number of aromatic nitrogens is 1. The number of benzene rings is 2. The number of urea groups is 1. The average molecular weight is 444 g/mol. The summed E-state index contributed by atoms with van der Waals surface area (Å²) >= 11 is 0. The minimum atomic E-state index is -1.19. The molecule has 2 aromatic carbocycles. The second-order valence-corrected chi connectivity index (χ2v) is 8.70. The monoisotopic (exact) mass is 443 g/mol. The molecule has 3 amide bonds. The number of carbonyl (C=O) groups excluding carboxylic acids is 3. The molecule has 7 nitrogen and oxygen atoms in total. The van der Waals surface area contributed by atoms with Crippen LogP contribution in [-0.4, -0.2) is 40.3 Å². The maximum Gasteiger partial charge on any atom is 0.325 e. The van der Waals surface area contributed by atoms with Crippen LogP contribution in [0.2, 0.25) is 0 Å². The number of Topliss-reactive ketones (excluding diaryl/α,β-unsaturated/α-hetero) is 1. The van der Waals surface area contributed by atoms with E-state index in [4.69, 9.17) is 4.74 Å². The third-order valence-corrected chi connectivity index (χ3v) is 6.58. The smallest absolute Gasteiger partial charge is 0.325 e. The largest absolute Gasteiger partial charge is 0.493 e. The number of hydrogen-bond acceptors (Lipinski definition) is 4. The van der Waals surface area contributed by atoms with Gasteiger partial charge in [0.1, 0.15) is 5.75 Å². The van der Waals surface area contributed by atoms with Crippen LogP contribution >= 0.6 is 0 Å². The fraction of sp³-hybridized carbons (Fsp3) is 0.269. The molecule has 0 saturated carbocycles. The van der Waals surface area contributed by atoms with Crippen LogP contribution < -0.4 is 10.1 Å². The number of nitrogens with zero attached hydrogens (tertiary/aromatic N) is 2. The Morgan fingerprint density at radius 2 is 1.79 bits per heavy atom. The summed E-state index contributed by atoms with van der Waals surface area (Å²) in [6.07, 6.45) is 0.321. The van der Waals surface area contributed by atoms with Crippen LogP contribution in [0.15, 0.2) is 54.6 Å². The molecule has 2 aliphatic rings. The van der Waals surface area contributed by atoms with Crippen LogP contribution in [0, 0.1) is 20.8 Å². The van der Waals surface area contributed by atoms with Crippen molar-refractivity contribution < 1.29 is 19.1 Å². The highest BCUT2D eigenvalue weighted by Gasteiger charge is 2.55. The maximum atomic E-state index is 13.5. The Hall–Kier alpha value is -3.87. The van der Waals surface area contributed by atoms with Gasteiger partial charge in [-0.05, 0) is 45.0 Å². The molecule has 33 heavy (non-hydrogen) atoms. The molecule has 1 N–H and O–H groups in total. The van der Waals surface area contributed by atoms with E-state index in [2.05, 4.69) is 5.32 Å². The zero-order chi connectivity index (χ0) is 23.3. The van der Waals surface area contributed by atoms with Crippen LogP contribution in [0.3, 0.4) is 0 Å². The highest BCUT2D eigenvalue weighted by molar-refractivity contribution is 6.12. The van der Waals surface area contributed by atoms with Crippen molar-refractivity contribution in [2.24, 2.45) is 0 Å². The van der Waals surface area contributed by atoms with E-state index in [0.29, 0.717) is 29.9 Å². The highest BCUT2D eigenvalue weighted by atomic mass is 16.5. The van der Waals surface area contributed by atoms with Gasteiger partial charge in [-0.15, -0.1) is 0 Å². The fourth-order valence-corrected chi connectivity index (χ4v) is 4.88. The average Bonchev–Trinajstić information content (AvgIpc) is 3.23. The molecule has 3 heterocycles. The van der Waals surface area contributed by atoms with Gasteiger partial charge in [-0.25, -0.2) is 4.79 Å². The Bertz CT molecular complexity index is 1290. The van der Waals surface area contributed by atoms with Crippen molar-refractivity contribution in [3.05, 3.63) is 82.7 Å². The number of amides is 3. The summed E-state index contributed by atoms with van der Waals surface area (Å²) in [5, 5.41) is 2.84. The van der Waals surface area contributed by atoms with Crippen LogP contribution in [0.4, 0.5) is 4.79 Å². The number of para-hydroxylation sites is 1. The van der Waals surface area contributed by atoms with Crippen LogP contribution in [0.1, 0.15) is 39.3 Å². The molecule has 1 saturated heterocycles. The van der Waals surface area contributed by atoms with Gasteiger partial charge in [0.25, 0.3) is 5.91 Å². The van der Waals surface area contributed by atoms with Crippen molar-refractivity contribution in [2.75, 3.05) is 13.2 Å². The molecular weight excluding hydrogens is 418 g/mol. The number of aryl methyl sites for hydroxylation is 2. The Balaban J connectivity index is 1.44. The summed E-state index contributed by atoms with van der Waals surface area (Å²) in [5.41, 5.74) is 3.74. The minimum absolute atomic E-state index is 0.276. The molecule has 5 rings (SSSR count). The number of rotatable bonds is 4. The maximum absolute atomic E-state index is 13.5. The van der Waals surface area contributed by atoms with Gasteiger partial charge >= 0.3 is 6.03 Å². The van der Waals surface area contributed by atoms with Gasteiger partial charge < -0.3 is 14.6 Å². The van der Waals surface area contributed by atoms with E-state index in [0.717, 1.165) is 27.5 Å². The van der Waals surface area contributed by atoms with Crippen LogP contribution in [0.5, 0.6) is 5.75 Å². The lowest BCUT2D eigenvalue weighted by Gasteiger charge is -2.33. The minimum Gasteiger partial charge on any atom is -0.493 e. The van der Waals surface area contributed by atoms with Crippen LogP contribution in [0.25, 0.3) is 5.69 Å². The van der Waals surface area contributed by atoms with Gasteiger partial charge in [-0.1, -0.05) is 35.9 Å². The molecule has 0 unspecified atom stereocenters.